The summed E-state index contributed by atoms with van der Waals surface area (Å²) in [6, 6.07) is 29.5. The molecule has 166 valence electrons. The van der Waals surface area contributed by atoms with E-state index < -0.39 is 0 Å². The first-order valence-electron chi connectivity index (χ1n) is 11.2. The van der Waals surface area contributed by atoms with Crippen molar-refractivity contribution in [3.8, 4) is 0 Å². The fourth-order valence-electron chi connectivity index (χ4n) is 4.39. The van der Waals surface area contributed by atoms with Crippen molar-refractivity contribution in [1.29, 1.82) is 0 Å². The molecule has 0 unspecified atom stereocenters. The monoisotopic (exact) mass is 456 g/mol. The zero-order chi connectivity index (χ0) is 22.6. The van der Waals surface area contributed by atoms with Gasteiger partial charge in [0.1, 0.15) is 17.1 Å². The van der Waals surface area contributed by atoms with Gasteiger partial charge in [-0.15, -0.1) is 0 Å². The molecule has 2 heterocycles. The lowest BCUT2D eigenvalue weighted by Gasteiger charge is -2.34. The summed E-state index contributed by atoms with van der Waals surface area (Å²) in [5, 5.41) is 0. The molecule has 0 bridgehead atoms. The van der Waals surface area contributed by atoms with Gasteiger partial charge in [-0.05, 0) is 24.3 Å². The highest BCUT2D eigenvalue weighted by Crippen LogP contribution is 2.38. The minimum atomic E-state index is -0.242. The van der Waals surface area contributed by atoms with E-state index in [4.69, 9.17) is 0 Å². The molecule has 0 aromatic heterocycles. The van der Waals surface area contributed by atoms with Crippen LogP contribution in [-0.2, 0) is 16.1 Å². The maximum Gasteiger partial charge on any atom is 0.283 e. The van der Waals surface area contributed by atoms with Crippen LogP contribution in [0.1, 0.15) is 5.56 Å². The topological polar surface area (TPSA) is 45.1 Å². The number of hydrogen-bond acceptors (Lipinski definition) is 4. The number of amides is 2. The summed E-state index contributed by atoms with van der Waals surface area (Å²) in [7, 11) is 0. The lowest BCUT2D eigenvalue weighted by atomic mass is 10.2. The Balaban J connectivity index is 1.39. The van der Waals surface area contributed by atoms with E-state index in [9.17, 15) is 9.59 Å². The van der Waals surface area contributed by atoms with Crippen molar-refractivity contribution < 1.29 is 14.5 Å². The van der Waals surface area contributed by atoms with E-state index in [2.05, 4.69) is 29.2 Å². The molecule has 0 spiro atoms. The minimum absolute atomic E-state index is 0.226. The van der Waals surface area contributed by atoms with Crippen LogP contribution in [0.15, 0.2) is 106 Å². The second-order valence-corrected chi connectivity index (χ2v) is 9.36. The number of benzene rings is 3. The third-order valence-electron chi connectivity index (χ3n) is 6.08. The Hall–Kier alpha value is -3.35. The molecule has 5 nitrogen and oxygen atoms in total. The van der Waals surface area contributed by atoms with E-state index in [0.29, 0.717) is 16.3 Å². The summed E-state index contributed by atoms with van der Waals surface area (Å²) in [5.41, 5.74) is 2.47. The van der Waals surface area contributed by atoms with Crippen LogP contribution < -0.4 is 9.80 Å². The largest absolute Gasteiger partial charge is 0.355 e. The molecule has 3 aromatic rings. The third kappa shape index (κ3) is 4.58. The van der Waals surface area contributed by atoms with Gasteiger partial charge in [0.15, 0.2) is 0 Å². The molecule has 0 aliphatic carbocycles. The third-order valence-corrected chi connectivity index (χ3v) is 7.16. The number of rotatable bonds is 6. The fourth-order valence-corrected chi connectivity index (χ4v) is 5.42. The Bertz CT molecular complexity index is 1160. The number of anilines is 1. The van der Waals surface area contributed by atoms with Gasteiger partial charge in [0.25, 0.3) is 11.8 Å². The van der Waals surface area contributed by atoms with Crippen LogP contribution in [-0.4, -0.2) is 42.9 Å². The normalized spacial score (nSPS) is 17.2. The van der Waals surface area contributed by atoms with Crippen LogP contribution in [0.25, 0.3) is 0 Å². The Labute approximate surface area is 198 Å². The van der Waals surface area contributed by atoms with Gasteiger partial charge in [0.05, 0.1) is 31.9 Å². The van der Waals surface area contributed by atoms with E-state index >= 15 is 0 Å². The van der Waals surface area contributed by atoms with Crippen molar-refractivity contribution >= 4 is 29.3 Å². The highest BCUT2D eigenvalue weighted by Gasteiger charge is 2.43. The van der Waals surface area contributed by atoms with Crippen LogP contribution >= 0.6 is 11.8 Å². The number of carbonyl (C=O) groups is 2. The smallest absolute Gasteiger partial charge is 0.283 e. The van der Waals surface area contributed by atoms with Gasteiger partial charge in [-0.3, -0.25) is 9.59 Å². The van der Waals surface area contributed by atoms with Crippen LogP contribution in [0.3, 0.4) is 0 Å². The van der Waals surface area contributed by atoms with E-state index in [0.717, 1.165) is 37.6 Å². The molecule has 0 saturated carbocycles. The van der Waals surface area contributed by atoms with Crippen molar-refractivity contribution in [2.45, 2.75) is 11.4 Å². The number of piperazine rings is 1. The molecule has 33 heavy (non-hydrogen) atoms. The number of quaternary nitrogens is 1. The first-order valence-corrected chi connectivity index (χ1v) is 12.1. The molecule has 6 heteroatoms. The van der Waals surface area contributed by atoms with Gasteiger partial charge in [-0.1, -0.05) is 78.5 Å². The molecule has 1 N–H and O–H groups in total. The lowest BCUT2D eigenvalue weighted by Crippen LogP contribution is -3.13. The number of nitrogens with one attached hydrogen (secondary N) is 1. The van der Waals surface area contributed by atoms with Gasteiger partial charge in [-0.2, -0.15) is 0 Å². The maximum absolute atomic E-state index is 13.6. The molecule has 2 aliphatic rings. The van der Waals surface area contributed by atoms with Crippen LogP contribution in [0.2, 0.25) is 0 Å². The predicted molar refractivity (Wildman–Crippen MR) is 131 cm³/mol. The number of nitrogens with zero attached hydrogens (tertiary/aromatic N) is 2. The molecule has 2 amide bonds. The number of para-hydroxylation sites is 1. The Kier molecular flexibility index (Phi) is 6.28. The first-order chi connectivity index (χ1) is 16.2. The Morgan fingerprint density at radius 2 is 1.30 bits per heavy atom. The molecule has 0 atom stereocenters. The molecule has 5 rings (SSSR count). The zero-order valence-corrected chi connectivity index (χ0v) is 19.1. The van der Waals surface area contributed by atoms with Crippen molar-refractivity contribution in [3.63, 3.8) is 0 Å². The number of thioether (sulfide) groups is 1. The van der Waals surface area contributed by atoms with E-state index in [-0.39, 0.29) is 11.8 Å². The van der Waals surface area contributed by atoms with Gasteiger partial charge < -0.3 is 9.80 Å². The van der Waals surface area contributed by atoms with E-state index in [1.54, 1.807) is 0 Å². The number of carbonyl (C=O) groups excluding carboxylic acids is 2. The maximum atomic E-state index is 13.6. The van der Waals surface area contributed by atoms with Crippen molar-refractivity contribution in [1.82, 2.24) is 4.90 Å². The summed E-state index contributed by atoms with van der Waals surface area (Å²) >= 11 is 1.39. The average Bonchev–Trinajstić information content (AvgIpc) is 3.10. The van der Waals surface area contributed by atoms with Crippen molar-refractivity contribution in [2.24, 2.45) is 0 Å². The molecule has 2 aliphatic heterocycles. The van der Waals surface area contributed by atoms with Gasteiger partial charge >= 0.3 is 0 Å². The van der Waals surface area contributed by atoms with Crippen LogP contribution in [0.5, 0.6) is 0 Å². The zero-order valence-electron chi connectivity index (χ0n) is 18.3. The number of hydrogen-bond donors (Lipinski definition) is 1. The predicted octanol–water partition coefficient (Wildman–Crippen LogP) is 2.96. The van der Waals surface area contributed by atoms with Gasteiger partial charge in [0, 0.05) is 10.5 Å². The summed E-state index contributed by atoms with van der Waals surface area (Å²) in [5.74, 6) is -0.467. The van der Waals surface area contributed by atoms with E-state index in [1.807, 2.05) is 66.7 Å². The summed E-state index contributed by atoms with van der Waals surface area (Å²) in [6.07, 6.45) is 0. The highest BCUT2D eigenvalue weighted by atomic mass is 32.2. The minimum Gasteiger partial charge on any atom is -0.355 e. The standard InChI is InChI=1S/C27H25N3O2S/c31-26-24(29-18-16-28(17-19-29)20-21-10-4-1-5-11-21)25(33-23-14-8-3-9-15-23)27(32)30(26)22-12-6-2-7-13-22/h1-15H,16-20H2/p+1. The molecule has 1 fully saturated rings. The number of imide groups is 1. The molecule has 0 radical (unpaired) electrons. The van der Waals surface area contributed by atoms with Crippen LogP contribution in [0.4, 0.5) is 5.69 Å². The Morgan fingerprint density at radius 3 is 1.94 bits per heavy atom. The fraction of sp³-hybridized carbons (Fsp3) is 0.185. The molecule has 1 saturated heterocycles. The quantitative estimate of drug-likeness (QED) is 0.580. The molecular weight excluding hydrogens is 430 g/mol. The van der Waals surface area contributed by atoms with Gasteiger partial charge in [-0.25, -0.2) is 4.90 Å². The summed E-state index contributed by atoms with van der Waals surface area (Å²) in [4.78, 5) is 33.4. The first kappa shape index (κ1) is 21.5. The van der Waals surface area contributed by atoms with Gasteiger partial charge in [0.2, 0.25) is 0 Å². The van der Waals surface area contributed by atoms with Crippen LogP contribution in [0, 0.1) is 0 Å². The molecule has 3 aromatic carbocycles. The lowest BCUT2D eigenvalue weighted by molar-refractivity contribution is -0.917. The summed E-state index contributed by atoms with van der Waals surface area (Å²) < 4.78 is 0. The molecular formula is C27H26N3O2S+. The SMILES string of the molecule is O=C1C(Sc2ccccc2)=C(N2CC[NH+](Cc3ccccc3)CC2)C(=O)N1c1ccccc1. The second-order valence-electron chi connectivity index (χ2n) is 8.27. The van der Waals surface area contributed by atoms with Crippen molar-refractivity contribution in [3.05, 3.63) is 107 Å². The Morgan fingerprint density at radius 1 is 0.727 bits per heavy atom. The summed E-state index contributed by atoms with van der Waals surface area (Å²) in [6.45, 7) is 4.32. The average molecular weight is 457 g/mol. The second kappa shape index (κ2) is 9.65. The van der Waals surface area contributed by atoms with Crippen molar-refractivity contribution in [2.75, 3.05) is 31.1 Å². The highest BCUT2D eigenvalue weighted by molar-refractivity contribution is 8.04. The van der Waals surface area contributed by atoms with E-state index in [1.165, 1.54) is 27.1 Å².